The number of rotatable bonds is 9. The molecule has 6 rings (SSSR count). The molecule has 1 atom stereocenters. The highest BCUT2D eigenvalue weighted by Gasteiger charge is 2.35. The van der Waals surface area contributed by atoms with Crippen molar-refractivity contribution in [2.75, 3.05) is 13.2 Å². The molecule has 4 heterocycles. The molecule has 0 radical (unpaired) electrons. The first-order chi connectivity index (χ1) is 26.5. The highest BCUT2D eigenvalue weighted by atomic mass is 35.5. The summed E-state index contributed by atoms with van der Waals surface area (Å²) in [6.07, 6.45) is -6.39. The number of halogens is 7. The predicted octanol–water partition coefficient (Wildman–Crippen LogP) is 8.53. The number of carbonyl (C=O) groups excluding carboxylic acids is 2. The van der Waals surface area contributed by atoms with E-state index in [0.717, 1.165) is 12.1 Å². The number of hydrogen-bond acceptors (Lipinski definition) is 10. The van der Waals surface area contributed by atoms with Gasteiger partial charge in [-0.25, -0.2) is 15.0 Å². The summed E-state index contributed by atoms with van der Waals surface area (Å²) >= 11 is 6.19. The van der Waals surface area contributed by atoms with Crippen LogP contribution < -0.4 is 5.56 Å². The number of nitrogens with one attached hydrogen (secondary N) is 1. The van der Waals surface area contributed by atoms with Gasteiger partial charge < -0.3 is 14.5 Å². The Bertz CT molecular complexity index is 2460. The van der Waals surface area contributed by atoms with E-state index >= 15 is 0 Å². The summed E-state index contributed by atoms with van der Waals surface area (Å²) < 4.78 is 89.5. The van der Waals surface area contributed by atoms with Gasteiger partial charge >= 0.3 is 24.3 Å². The van der Waals surface area contributed by atoms with Crippen molar-refractivity contribution in [2.24, 2.45) is 0 Å². The molecule has 11 nitrogen and oxygen atoms in total. The summed E-state index contributed by atoms with van der Waals surface area (Å²) in [5, 5.41) is 0.780. The van der Waals surface area contributed by atoms with Gasteiger partial charge in [-0.05, 0) is 69.3 Å². The van der Waals surface area contributed by atoms with Crippen LogP contribution in [-0.2, 0) is 37.8 Å². The molecule has 0 aliphatic rings. The third-order valence-corrected chi connectivity index (χ3v) is 8.38. The van der Waals surface area contributed by atoms with E-state index in [1.165, 1.54) is 60.9 Å². The van der Waals surface area contributed by atoms with E-state index in [1.807, 2.05) is 0 Å². The van der Waals surface area contributed by atoms with Crippen LogP contribution in [0.1, 0.15) is 55.9 Å². The fraction of sp³-hybridized carbons (Fsp3) is 0.263. The van der Waals surface area contributed by atoms with Crippen molar-refractivity contribution in [3.63, 3.8) is 0 Å². The Morgan fingerprint density at radius 2 is 1.30 bits per heavy atom. The third-order valence-electron chi connectivity index (χ3n) is 8.10. The molecule has 292 valence electrons. The monoisotopic (exact) mass is 800 g/mol. The maximum atomic E-state index is 13.3. The molecule has 2 aromatic carbocycles. The van der Waals surface area contributed by atoms with Gasteiger partial charge in [-0.15, -0.1) is 0 Å². The number of benzene rings is 2. The number of aromatic amines is 1. The quantitative estimate of drug-likeness (QED) is 0.0857. The Balaban J connectivity index is 0.000000214. The predicted molar refractivity (Wildman–Crippen MR) is 193 cm³/mol. The first-order valence-corrected chi connectivity index (χ1v) is 17.3. The molecular formula is C38H31ClF6N6O5. The normalized spacial score (nSPS) is 12.2. The largest absolute Gasteiger partial charge is 0.466 e. The maximum absolute atomic E-state index is 13.3. The van der Waals surface area contributed by atoms with Crippen molar-refractivity contribution in [3.8, 4) is 22.5 Å². The van der Waals surface area contributed by atoms with Gasteiger partial charge in [0.15, 0.2) is 0 Å². The topological polar surface area (TPSA) is 150 Å². The lowest BCUT2D eigenvalue weighted by Crippen LogP contribution is -2.15. The van der Waals surface area contributed by atoms with Crippen molar-refractivity contribution in [1.29, 1.82) is 0 Å². The highest BCUT2D eigenvalue weighted by molar-refractivity contribution is 6.34. The van der Waals surface area contributed by atoms with Gasteiger partial charge in [-0.3, -0.25) is 24.4 Å². The van der Waals surface area contributed by atoms with Gasteiger partial charge in [-0.2, -0.15) is 26.3 Å². The van der Waals surface area contributed by atoms with Crippen LogP contribution in [0.2, 0.25) is 5.15 Å². The van der Waals surface area contributed by atoms with Gasteiger partial charge in [0.2, 0.25) is 0 Å². The van der Waals surface area contributed by atoms with Crippen LogP contribution in [0.4, 0.5) is 26.3 Å². The highest BCUT2D eigenvalue weighted by Crippen LogP contribution is 2.38. The molecule has 56 heavy (non-hydrogen) atoms. The molecule has 18 heteroatoms. The molecule has 0 aliphatic carbocycles. The summed E-state index contributed by atoms with van der Waals surface area (Å²) in [6.45, 7) is 5.38. The molecule has 0 amide bonds. The first-order valence-electron chi connectivity index (χ1n) is 16.9. The Hall–Kier alpha value is -5.97. The second-order valence-electron chi connectivity index (χ2n) is 11.9. The number of aromatic nitrogens is 6. The van der Waals surface area contributed by atoms with Crippen LogP contribution in [0.5, 0.6) is 0 Å². The van der Waals surface area contributed by atoms with E-state index in [1.54, 1.807) is 20.8 Å². The van der Waals surface area contributed by atoms with Gasteiger partial charge in [0.25, 0.3) is 5.56 Å². The molecule has 0 saturated heterocycles. The summed E-state index contributed by atoms with van der Waals surface area (Å²) in [7, 11) is 0. The summed E-state index contributed by atoms with van der Waals surface area (Å²) in [4.78, 5) is 58.7. The lowest BCUT2D eigenvalue weighted by molar-refractivity contribution is -0.145. The minimum atomic E-state index is -4.56. The summed E-state index contributed by atoms with van der Waals surface area (Å²) in [5.74, 6) is -1.34. The molecule has 1 unspecified atom stereocenters. The number of hydrogen-bond donors (Lipinski definition) is 1. The number of carbonyl (C=O) groups is 2. The maximum Gasteiger partial charge on any atom is 0.418 e. The molecule has 1 N–H and O–H groups in total. The Morgan fingerprint density at radius 1 is 0.768 bits per heavy atom. The molecule has 0 spiro atoms. The number of ether oxygens (including phenoxy) is 2. The molecule has 6 aromatic rings. The third kappa shape index (κ3) is 9.63. The molecule has 0 aliphatic heterocycles. The van der Waals surface area contributed by atoms with Crippen LogP contribution >= 0.6 is 11.6 Å². The molecular weight excluding hydrogens is 770 g/mol. The fourth-order valence-electron chi connectivity index (χ4n) is 5.46. The Labute approximate surface area is 319 Å². The van der Waals surface area contributed by atoms with E-state index in [4.69, 9.17) is 21.1 Å². The fourth-order valence-corrected chi connectivity index (χ4v) is 5.70. The van der Waals surface area contributed by atoms with Crippen LogP contribution in [0.3, 0.4) is 0 Å². The first kappa shape index (κ1) is 41.2. The number of fused-ring (bicyclic) bond motifs is 2. The van der Waals surface area contributed by atoms with Crippen molar-refractivity contribution >= 4 is 45.3 Å². The van der Waals surface area contributed by atoms with Crippen molar-refractivity contribution < 1.29 is 45.4 Å². The average molecular weight is 801 g/mol. The standard InChI is InChI=1S/C19H15ClF3N3O2.C19H16F3N3O3/c1-3-28-18(27)10(2)17-25-14-9-11(6-7-12(14)16(20)26-17)15-13(19(21,22)23)5-4-8-24-15;1-2-28-16(26)8-7-15-24-14-10-11(5-6-12(14)18(27)25-15)17-13(19(20,21)22)4-3-9-23-17/h4-10H,3H2,1-2H3;3-6,9-10H,2,7-8H2,1H3,(H,24,25,27). The minimum Gasteiger partial charge on any atom is -0.466 e. The smallest absolute Gasteiger partial charge is 0.418 e. The molecule has 4 aromatic heterocycles. The van der Waals surface area contributed by atoms with E-state index < -0.39 is 46.9 Å². The summed E-state index contributed by atoms with van der Waals surface area (Å²) in [5.41, 5.74) is -1.68. The van der Waals surface area contributed by atoms with Crippen molar-refractivity contribution in [3.05, 3.63) is 111 Å². The van der Waals surface area contributed by atoms with Gasteiger partial charge in [0, 0.05) is 35.3 Å². The van der Waals surface area contributed by atoms with E-state index in [-0.39, 0.29) is 76.3 Å². The van der Waals surface area contributed by atoms with Gasteiger partial charge in [-0.1, -0.05) is 23.7 Å². The zero-order valence-corrected chi connectivity index (χ0v) is 30.5. The number of aryl methyl sites for hydroxylation is 1. The van der Waals surface area contributed by atoms with E-state index in [2.05, 4.69) is 29.9 Å². The average Bonchev–Trinajstić information content (AvgIpc) is 3.16. The number of pyridine rings is 2. The second-order valence-corrected chi connectivity index (χ2v) is 12.3. The van der Waals surface area contributed by atoms with E-state index in [9.17, 15) is 40.7 Å². The zero-order chi connectivity index (χ0) is 40.8. The van der Waals surface area contributed by atoms with Crippen molar-refractivity contribution in [1.82, 2.24) is 29.9 Å². The molecule has 0 fully saturated rings. The Kier molecular flexibility index (Phi) is 12.7. The lowest BCUT2D eigenvalue weighted by atomic mass is 10.0. The molecule has 0 bridgehead atoms. The van der Waals surface area contributed by atoms with Gasteiger partial charge in [0.05, 0.1) is 58.6 Å². The second kappa shape index (κ2) is 17.2. The van der Waals surface area contributed by atoms with Crippen LogP contribution in [0.15, 0.2) is 77.9 Å². The van der Waals surface area contributed by atoms with E-state index in [0.29, 0.717) is 10.9 Å². The van der Waals surface area contributed by atoms with Crippen LogP contribution in [-0.4, -0.2) is 55.1 Å². The van der Waals surface area contributed by atoms with Crippen LogP contribution in [0, 0.1) is 0 Å². The summed E-state index contributed by atoms with van der Waals surface area (Å²) in [6, 6.07) is 13.0. The lowest BCUT2D eigenvalue weighted by Gasteiger charge is -2.13. The van der Waals surface area contributed by atoms with Crippen molar-refractivity contribution in [2.45, 2.75) is 51.9 Å². The number of esters is 2. The number of H-pyrrole nitrogens is 1. The van der Waals surface area contributed by atoms with Crippen LogP contribution in [0.25, 0.3) is 44.3 Å². The zero-order valence-electron chi connectivity index (χ0n) is 29.8. The SMILES string of the molecule is CCOC(=O)C(C)c1nc(Cl)c2ccc(-c3ncccc3C(F)(F)F)cc2n1.CCOC(=O)CCc1nc2cc(-c3ncccc3C(F)(F)F)ccc2c(=O)[nH]1. The molecule has 0 saturated carbocycles. The number of alkyl halides is 6. The van der Waals surface area contributed by atoms with Gasteiger partial charge in [0.1, 0.15) is 22.7 Å². The number of nitrogens with zero attached hydrogens (tertiary/aromatic N) is 5. The minimum absolute atomic E-state index is 0.0282. The Morgan fingerprint density at radius 3 is 1.84 bits per heavy atom.